The molecule has 0 spiro atoms. The Hall–Kier alpha value is -1.16. The average molecular weight is 324 g/mol. The molecule has 21 heavy (non-hydrogen) atoms. The van der Waals surface area contributed by atoms with Crippen LogP contribution in [0.15, 0.2) is 23.1 Å². The van der Waals surface area contributed by atoms with Gasteiger partial charge in [0.2, 0.25) is 10.0 Å². The van der Waals surface area contributed by atoms with Gasteiger partial charge in [0.1, 0.15) is 0 Å². The van der Waals surface area contributed by atoms with Crippen molar-refractivity contribution >= 4 is 10.0 Å². The number of rotatable bonds is 2. The van der Waals surface area contributed by atoms with Crippen molar-refractivity contribution in [2.75, 3.05) is 19.8 Å². The summed E-state index contributed by atoms with van der Waals surface area (Å²) in [5.74, 6) is 0. The molecule has 118 valence electrons. The maximum absolute atomic E-state index is 12.9. The van der Waals surface area contributed by atoms with Crippen LogP contribution in [0.25, 0.3) is 0 Å². The molecule has 9 heteroatoms. The lowest BCUT2D eigenvalue weighted by molar-refractivity contribution is -0.138. The van der Waals surface area contributed by atoms with Crippen LogP contribution in [-0.4, -0.2) is 38.6 Å². The summed E-state index contributed by atoms with van der Waals surface area (Å²) in [4.78, 5) is -0.380. The maximum atomic E-state index is 12.9. The van der Waals surface area contributed by atoms with Crippen molar-refractivity contribution in [3.8, 4) is 0 Å². The first-order valence-electron chi connectivity index (χ1n) is 6.17. The van der Waals surface area contributed by atoms with Crippen LogP contribution in [0.3, 0.4) is 0 Å². The summed E-state index contributed by atoms with van der Waals surface area (Å²) in [5.41, 5.74) is 4.38. The first-order valence-corrected chi connectivity index (χ1v) is 7.61. The third kappa shape index (κ3) is 3.05. The molecule has 0 saturated carbocycles. The van der Waals surface area contributed by atoms with Crippen molar-refractivity contribution in [2.24, 2.45) is 5.73 Å². The van der Waals surface area contributed by atoms with Gasteiger partial charge in [0.05, 0.1) is 29.8 Å². The zero-order valence-electron chi connectivity index (χ0n) is 11.2. The molecule has 1 aromatic carbocycles. The molecule has 0 bridgehead atoms. The van der Waals surface area contributed by atoms with Gasteiger partial charge in [-0.1, -0.05) is 6.07 Å². The lowest BCUT2D eigenvalue weighted by atomic mass is 10.1. The summed E-state index contributed by atoms with van der Waals surface area (Å²) in [7, 11) is -4.10. The molecule has 0 aliphatic carbocycles. The normalized spacial score (nSPS) is 21.5. The van der Waals surface area contributed by atoms with Gasteiger partial charge in [-0.05, 0) is 24.6 Å². The third-order valence-electron chi connectivity index (χ3n) is 3.29. The quantitative estimate of drug-likeness (QED) is 0.890. The summed E-state index contributed by atoms with van der Waals surface area (Å²) in [5, 5.41) is 0. The number of hydrogen-bond donors (Lipinski definition) is 1. The fraction of sp³-hybridized carbons (Fsp3) is 0.500. The smallest absolute Gasteiger partial charge is 0.377 e. The number of halogens is 3. The second kappa shape index (κ2) is 5.56. The minimum atomic E-state index is -4.61. The largest absolute Gasteiger partial charge is 0.416 e. The van der Waals surface area contributed by atoms with Crippen molar-refractivity contribution in [1.29, 1.82) is 0 Å². The Bertz CT molecular complexity index is 631. The summed E-state index contributed by atoms with van der Waals surface area (Å²) < 4.78 is 69.7. The van der Waals surface area contributed by atoms with Gasteiger partial charge in [-0.3, -0.25) is 0 Å². The predicted octanol–water partition coefficient (Wildman–Crippen LogP) is 1.32. The van der Waals surface area contributed by atoms with Crippen LogP contribution in [0.1, 0.15) is 11.1 Å². The Morgan fingerprint density at radius 2 is 2.05 bits per heavy atom. The summed E-state index contributed by atoms with van der Waals surface area (Å²) in [6, 6.07) is 3.09. The van der Waals surface area contributed by atoms with Gasteiger partial charge in [0.15, 0.2) is 0 Å². The van der Waals surface area contributed by atoms with E-state index in [2.05, 4.69) is 0 Å². The van der Waals surface area contributed by atoms with Crippen molar-refractivity contribution in [3.63, 3.8) is 0 Å². The number of morpholine rings is 1. The van der Waals surface area contributed by atoms with E-state index in [1.54, 1.807) is 0 Å². The molecule has 1 aromatic rings. The highest BCUT2D eigenvalue weighted by Gasteiger charge is 2.37. The number of nitrogens with two attached hydrogens (primary N) is 1. The Morgan fingerprint density at radius 1 is 1.38 bits per heavy atom. The van der Waals surface area contributed by atoms with Crippen molar-refractivity contribution < 1.29 is 26.3 Å². The fourth-order valence-corrected chi connectivity index (χ4v) is 3.97. The maximum Gasteiger partial charge on any atom is 0.416 e. The molecule has 1 atom stereocenters. The second-order valence-electron chi connectivity index (χ2n) is 4.68. The van der Waals surface area contributed by atoms with E-state index in [0.29, 0.717) is 0 Å². The van der Waals surface area contributed by atoms with Gasteiger partial charge < -0.3 is 10.5 Å². The molecule has 2 N–H and O–H groups in total. The number of nitrogens with zero attached hydrogens (tertiary/aromatic N) is 1. The van der Waals surface area contributed by atoms with Crippen LogP contribution in [-0.2, 0) is 20.9 Å². The topological polar surface area (TPSA) is 72.6 Å². The molecule has 0 aromatic heterocycles. The zero-order valence-corrected chi connectivity index (χ0v) is 12.0. The second-order valence-corrected chi connectivity index (χ2v) is 6.54. The predicted molar refractivity (Wildman–Crippen MR) is 68.9 cm³/mol. The number of benzene rings is 1. The van der Waals surface area contributed by atoms with E-state index in [4.69, 9.17) is 10.5 Å². The van der Waals surface area contributed by atoms with Crippen LogP contribution in [0.5, 0.6) is 0 Å². The standard InChI is InChI=1S/C12H15F3N2O3S/c1-8-9(12(13,14)15)3-2-4-10(8)21(18,19)17-5-6-20-7-11(17)16/h2-4,11H,5-7,16H2,1H3. The molecule has 1 heterocycles. The van der Waals surface area contributed by atoms with Crippen LogP contribution in [0.2, 0.25) is 0 Å². The highest BCUT2D eigenvalue weighted by molar-refractivity contribution is 7.89. The molecule has 1 unspecified atom stereocenters. The molecule has 1 aliphatic heterocycles. The average Bonchev–Trinajstić information content (AvgIpc) is 2.37. The summed E-state index contributed by atoms with van der Waals surface area (Å²) in [6.45, 7) is 1.32. The van der Waals surface area contributed by atoms with E-state index in [0.717, 1.165) is 29.4 Å². The van der Waals surface area contributed by atoms with Gasteiger partial charge in [-0.2, -0.15) is 17.5 Å². The third-order valence-corrected chi connectivity index (χ3v) is 5.36. The van der Waals surface area contributed by atoms with E-state index in [9.17, 15) is 21.6 Å². The van der Waals surface area contributed by atoms with Crippen LogP contribution >= 0.6 is 0 Å². The summed E-state index contributed by atoms with van der Waals surface area (Å²) in [6.07, 6.45) is -5.51. The lowest BCUT2D eigenvalue weighted by Crippen LogP contribution is -2.53. The molecule has 5 nitrogen and oxygen atoms in total. The highest BCUT2D eigenvalue weighted by Crippen LogP contribution is 2.35. The SMILES string of the molecule is Cc1c(C(F)(F)F)cccc1S(=O)(=O)N1CCOCC1N. The first-order chi connectivity index (χ1) is 9.65. The van der Waals surface area contributed by atoms with Gasteiger partial charge >= 0.3 is 6.18 Å². The van der Waals surface area contributed by atoms with Crippen LogP contribution < -0.4 is 5.73 Å². The van der Waals surface area contributed by atoms with E-state index in [-0.39, 0.29) is 30.2 Å². The van der Waals surface area contributed by atoms with Crippen LogP contribution in [0, 0.1) is 6.92 Å². The van der Waals surface area contributed by atoms with Gasteiger partial charge in [-0.15, -0.1) is 0 Å². The zero-order chi connectivity index (χ0) is 15.8. The molecule has 2 rings (SSSR count). The Labute approximate surface area is 120 Å². The highest BCUT2D eigenvalue weighted by atomic mass is 32.2. The fourth-order valence-electron chi connectivity index (χ4n) is 2.23. The van der Waals surface area contributed by atoms with E-state index in [1.165, 1.54) is 0 Å². The van der Waals surface area contributed by atoms with Gasteiger partial charge in [0, 0.05) is 6.54 Å². The molecule has 1 saturated heterocycles. The van der Waals surface area contributed by atoms with E-state index < -0.39 is 27.9 Å². The van der Waals surface area contributed by atoms with Gasteiger partial charge in [-0.25, -0.2) is 8.42 Å². The number of alkyl halides is 3. The molecular formula is C12H15F3N2O3S. The van der Waals surface area contributed by atoms with E-state index in [1.807, 2.05) is 0 Å². The number of sulfonamides is 1. The molecule has 0 amide bonds. The monoisotopic (exact) mass is 324 g/mol. The number of hydrogen-bond acceptors (Lipinski definition) is 4. The molecule has 1 aliphatic rings. The Kier molecular flexibility index (Phi) is 4.29. The minimum absolute atomic E-state index is 0.0111. The van der Waals surface area contributed by atoms with Crippen molar-refractivity contribution in [2.45, 2.75) is 24.2 Å². The Morgan fingerprint density at radius 3 is 2.62 bits per heavy atom. The molecular weight excluding hydrogens is 309 g/mol. The lowest BCUT2D eigenvalue weighted by Gasteiger charge is -2.32. The van der Waals surface area contributed by atoms with Crippen LogP contribution in [0.4, 0.5) is 13.2 Å². The Balaban J connectivity index is 2.50. The minimum Gasteiger partial charge on any atom is -0.377 e. The number of ether oxygens (including phenoxy) is 1. The van der Waals surface area contributed by atoms with Crippen molar-refractivity contribution in [3.05, 3.63) is 29.3 Å². The molecule has 1 fully saturated rings. The van der Waals surface area contributed by atoms with E-state index >= 15 is 0 Å². The summed E-state index contributed by atoms with van der Waals surface area (Å²) >= 11 is 0. The first kappa shape index (κ1) is 16.2. The molecule has 0 radical (unpaired) electrons. The van der Waals surface area contributed by atoms with Crippen molar-refractivity contribution in [1.82, 2.24) is 4.31 Å². The van der Waals surface area contributed by atoms with Gasteiger partial charge in [0.25, 0.3) is 0 Å².